The van der Waals surface area contributed by atoms with E-state index in [0.29, 0.717) is 18.1 Å². The maximum absolute atomic E-state index is 5.97. The molecule has 2 heteroatoms. The summed E-state index contributed by atoms with van der Waals surface area (Å²) in [5.41, 5.74) is 1.40. The Morgan fingerprint density at radius 3 is 2.69 bits per heavy atom. The lowest BCUT2D eigenvalue weighted by Gasteiger charge is -2.26. The highest BCUT2D eigenvalue weighted by atomic mass is 16.7. The first-order chi connectivity index (χ1) is 7.86. The Morgan fingerprint density at radius 1 is 1.12 bits per heavy atom. The van der Waals surface area contributed by atoms with Crippen LogP contribution < -0.4 is 0 Å². The van der Waals surface area contributed by atoms with Gasteiger partial charge in [0.1, 0.15) is 0 Å². The van der Waals surface area contributed by atoms with Crippen LogP contribution in [-0.4, -0.2) is 18.2 Å². The van der Waals surface area contributed by atoms with Crippen molar-refractivity contribution in [3.63, 3.8) is 0 Å². The lowest BCUT2D eigenvalue weighted by Crippen LogP contribution is -2.24. The molecule has 1 saturated heterocycles. The van der Waals surface area contributed by atoms with E-state index >= 15 is 0 Å². The maximum Gasteiger partial charge on any atom is 0.0840 e. The molecule has 2 aliphatic rings. The maximum atomic E-state index is 5.97. The Balaban J connectivity index is 1.88. The summed E-state index contributed by atoms with van der Waals surface area (Å²) in [6, 6.07) is 11.2. The van der Waals surface area contributed by atoms with E-state index < -0.39 is 0 Å². The van der Waals surface area contributed by atoms with Gasteiger partial charge in [0.2, 0.25) is 0 Å². The van der Waals surface area contributed by atoms with Crippen LogP contribution in [0.5, 0.6) is 0 Å². The fraction of sp³-hybridized carbons (Fsp3) is 0.571. The summed E-state index contributed by atoms with van der Waals surface area (Å²) in [5.74, 6) is 0.696. The van der Waals surface area contributed by atoms with E-state index in [1.165, 1.54) is 31.2 Å². The normalized spacial score (nSPS) is 34.9. The van der Waals surface area contributed by atoms with Gasteiger partial charge in [0, 0.05) is 13.0 Å². The Labute approximate surface area is 97.2 Å². The number of nitrogens with zero attached hydrogens (tertiary/aromatic N) is 1. The molecule has 1 aliphatic carbocycles. The van der Waals surface area contributed by atoms with E-state index in [0.717, 1.165) is 0 Å². The quantitative estimate of drug-likeness (QED) is 0.716. The van der Waals surface area contributed by atoms with Gasteiger partial charge < -0.3 is 0 Å². The van der Waals surface area contributed by atoms with Crippen LogP contribution in [0, 0.1) is 5.92 Å². The van der Waals surface area contributed by atoms with Gasteiger partial charge >= 0.3 is 0 Å². The van der Waals surface area contributed by atoms with E-state index in [-0.39, 0.29) is 0 Å². The molecule has 3 atom stereocenters. The SMILES string of the molecule is CN1O[C@@H]2CCCC[C@H]2[C@H]1c1ccccc1. The van der Waals surface area contributed by atoms with Gasteiger partial charge in [-0.15, -0.1) is 0 Å². The average molecular weight is 217 g/mol. The van der Waals surface area contributed by atoms with Crippen molar-refractivity contribution >= 4 is 0 Å². The molecule has 3 rings (SSSR count). The first-order valence-corrected chi connectivity index (χ1v) is 6.31. The average Bonchev–Trinajstić information content (AvgIpc) is 2.66. The molecule has 2 nitrogen and oxygen atoms in total. The molecule has 0 spiro atoms. The van der Waals surface area contributed by atoms with Crippen LogP contribution in [-0.2, 0) is 4.84 Å². The third-order valence-corrected chi connectivity index (χ3v) is 3.99. The number of benzene rings is 1. The lowest BCUT2D eigenvalue weighted by atomic mass is 9.80. The van der Waals surface area contributed by atoms with Gasteiger partial charge in [-0.3, -0.25) is 4.84 Å². The van der Waals surface area contributed by atoms with Crippen LogP contribution in [0.25, 0.3) is 0 Å². The third-order valence-electron chi connectivity index (χ3n) is 3.99. The van der Waals surface area contributed by atoms with E-state index in [1.54, 1.807) is 0 Å². The molecule has 1 aromatic carbocycles. The number of rotatable bonds is 1. The summed E-state index contributed by atoms with van der Waals surface area (Å²) in [5, 5.41) is 2.08. The van der Waals surface area contributed by atoms with Gasteiger partial charge in [0.05, 0.1) is 12.1 Å². The van der Waals surface area contributed by atoms with Crippen molar-refractivity contribution in [3.8, 4) is 0 Å². The van der Waals surface area contributed by atoms with E-state index in [1.807, 2.05) is 0 Å². The predicted molar refractivity (Wildman–Crippen MR) is 63.8 cm³/mol. The highest BCUT2D eigenvalue weighted by Crippen LogP contribution is 2.44. The molecule has 0 radical (unpaired) electrons. The van der Waals surface area contributed by atoms with Gasteiger partial charge in [-0.25, -0.2) is 0 Å². The number of hydrogen-bond acceptors (Lipinski definition) is 2. The van der Waals surface area contributed by atoms with Crippen molar-refractivity contribution < 1.29 is 4.84 Å². The van der Waals surface area contributed by atoms with Crippen LogP contribution >= 0.6 is 0 Å². The molecule has 0 bridgehead atoms. The Kier molecular flexibility index (Phi) is 2.70. The second-order valence-electron chi connectivity index (χ2n) is 4.99. The van der Waals surface area contributed by atoms with Crippen molar-refractivity contribution in [3.05, 3.63) is 35.9 Å². The van der Waals surface area contributed by atoms with Gasteiger partial charge in [-0.1, -0.05) is 43.2 Å². The highest BCUT2D eigenvalue weighted by molar-refractivity contribution is 5.21. The molecule has 2 fully saturated rings. The second-order valence-corrected chi connectivity index (χ2v) is 4.99. The minimum absolute atomic E-state index is 0.462. The molecule has 86 valence electrons. The molecular formula is C14H19NO. The van der Waals surface area contributed by atoms with E-state index in [9.17, 15) is 0 Å². The molecule has 1 aliphatic heterocycles. The summed E-state index contributed by atoms with van der Waals surface area (Å²) < 4.78 is 0. The Morgan fingerprint density at radius 2 is 1.88 bits per heavy atom. The topological polar surface area (TPSA) is 12.5 Å². The van der Waals surface area contributed by atoms with Crippen LogP contribution in [0.3, 0.4) is 0 Å². The zero-order valence-electron chi connectivity index (χ0n) is 9.80. The van der Waals surface area contributed by atoms with Crippen LogP contribution in [0.4, 0.5) is 0 Å². The van der Waals surface area contributed by atoms with Gasteiger partial charge in [-0.05, 0) is 18.4 Å². The molecule has 1 heterocycles. The summed E-state index contributed by atoms with van der Waals surface area (Å²) in [6.07, 6.45) is 5.70. The molecule has 0 aromatic heterocycles. The Bertz CT molecular complexity index is 351. The smallest absolute Gasteiger partial charge is 0.0840 e. The van der Waals surface area contributed by atoms with Crippen molar-refractivity contribution in [2.75, 3.05) is 7.05 Å². The van der Waals surface area contributed by atoms with E-state index in [4.69, 9.17) is 4.84 Å². The predicted octanol–water partition coefficient (Wildman–Crippen LogP) is 3.16. The highest BCUT2D eigenvalue weighted by Gasteiger charge is 2.42. The lowest BCUT2D eigenvalue weighted by molar-refractivity contribution is -0.147. The molecule has 1 aromatic rings. The molecular weight excluding hydrogens is 198 g/mol. The first kappa shape index (κ1) is 10.3. The van der Waals surface area contributed by atoms with Crippen molar-refractivity contribution in [1.29, 1.82) is 0 Å². The largest absolute Gasteiger partial charge is 0.295 e. The standard InChI is InChI=1S/C14H19NO/c1-15-14(11-7-3-2-4-8-11)12-9-5-6-10-13(12)16-15/h2-4,7-8,12-14H,5-6,9-10H2,1H3/t12-,13-,14-/m1/s1. The summed E-state index contributed by atoms with van der Waals surface area (Å²) in [4.78, 5) is 5.97. The summed E-state index contributed by atoms with van der Waals surface area (Å²) in [6.45, 7) is 0. The van der Waals surface area contributed by atoms with Gasteiger partial charge in [0.15, 0.2) is 0 Å². The zero-order valence-corrected chi connectivity index (χ0v) is 9.80. The van der Waals surface area contributed by atoms with Crippen molar-refractivity contribution in [2.45, 2.75) is 37.8 Å². The number of hydrogen-bond donors (Lipinski definition) is 0. The van der Waals surface area contributed by atoms with Gasteiger partial charge in [0.25, 0.3) is 0 Å². The van der Waals surface area contributed by atoms with Crippen LogP contribution in [0.1, 0.15) is 37.3 Å². The fourth-order valence-corrected chi connectivity index (χ4v) is 3.27. The molecule has 1 saturated carbocycles. The fourth-order valence-electron chi connectivity index (χ4n) is 3.27. The minimum Gasteiger partial charge on any atom is -0.295 e. The van der Waals surface area contributed by atoms with Crippen molar-refractivity contribution in [2.24, 2.45) is 5.92 Å². The van der Waals surface area contributed by atoms with Crippen molar-refractivity contribution in [1.82, 2.24) is 5.06 Å². The summed E-state index contributed by atoms with van der Waals surface area (Å²) in [7, 11) is 2.08. The zero-order chi connectivity index (χ0) is 11.0. The second kappa shape index (κ2) is 4.19. The minimum atomic E-state index is 0.462. The van der Waals surface area contributed by atoms with E-state index in [2.05, 4.69) is 42.4 Å². The number of fused-ring (bicyclic) bond motifs is 1. The molecule has 0 amide bonds. The van der Waals surface area contributed by atoms with Crippen LogP contribution in [0.2, 0.25) is 0 Å². The van der Waals surface area contributed by atoms with Crippen LogP contribution in [0.15, 0.2) is 30.3 Å². The monoisotopic (exact) mass is 217 g/mol. The molecule has 0 unspecified atom stereocenters. The number of hydroxylamine groups is 2. The first-order valence-electron chi connectivity index (χ1n) is 6.31. The molecule has 16 heavy (non-hydrogen) atoms. The summed E-state index contributed by atoms with van der Waals surface area (Å²) >= 11 is 0. The Hall–Kier alpha value is -0.860. The van der Waals surface area contributed by atoms with Gasteiger partial charge in [-0.2, -0.15) is 5.06 Å². The molecule has 0 N–H and O–H groups in total. The third kappa shape index (κ3) is 1.66.